The molecule has 9 heteroatoms. The van der Waals surface area contributed by atoms with Crippen LogP contribution in [0.5, 0.6) is 5.75 Å². The van der Waals surface area contributed by atoms with Gasteiger partial charge in [0, 0.05) is 31.9 Å². The Morgan fingerprint density at radius 1 is 1.36 bits per heavy atom. The molecule has 1 heterocycles. The molecule has 1 fully saturated rings. The number of carbonyl (C=O) groups excluding carboxylic acids is 1. The predicted molar refractivity (Wildman–Crippen MR) is 100 cm³/mol. The van der Waals surface area contributed by atoms with E-state index < -0.39 is 24.2 Å². The quantitative estimate of drug-likeness (QED) is 0.588. The largest absolute Gasteiger partial charge is 0.484 e. The standard InChI is InChI=1S/C19H27F3N4O2/c1-18(2,3)15(17(27)26(4)5)25-16(23)13-8-14(28-10-19(20,21)22)12(9-24-13)11-6-7-11/h8-9,11,15H,6-7,10H2,1-5H3,(H2,23,25). The Labute approximate surface area is 163 Å². The Morgan fingerprint density at radius 3 is 2.43 bits per heavy atom. The van der Waals surface area contributed by atoms with E-state index >= 15 is 0 Å². The van der Waals surface area contributed by atoms with E-state index in [4.69, 9.17) is 10.5 Å². The van der Waals surface area contributed by atoms with Crippen molar-refractivity contribution in [3.63, 3.8) is 0 Å². The summed E-state index contributed by atoms with van der Waals surface area (Å²) in [5, 5.41) is 0. The molecule has 1 aromatic heterocycles. The minimum atomic E-state index is -4.45. The van der Waals surface area contributed by atoms with Crippen LogP contribution in [0.25, 0.3) is 0 Å². The van der Waals surface area contributed by atoms with Gasteiger partial charge in [-0.1, -0.05) is 20.8 Å². The molecule has 1 aliphatic carbocycles. The van der Waals surface area contributed by atoms with E-state index in [0.717, 1.165) is 12.8 Å². The number of aromatic nitrogens is 1. The zero-order valence-corrected chi connectivity index (χ0v) is 16.8. The van der Waals surface area contributed by atoms with Crippen molar-refractivity contribution in [2.75, 3.05) is 20.7 Å². The topological polar surface area (TPSA) is 80.8 Å². The second-order valence-corrected chi connectivity index (χ2v) is 8.30. The third kappa shape index (κ3) is 5.84. The number of carbonyl (C=O) groups is 1. The van der Waals surface area contributed by atoms with Crippen LogP contribution in [-0.2, 0) is 4.79 Å². The Balaban J connectivity index is 2.36. The molecule has 1 aromatic rings. The van der Waals surface area contributed by atoms with Gasteiger partial charge < -0.3 is 15.4 Å². The Kier molecular flexibility index (Phi) is 6.25. The fraction of sp³-hybridized carbons (Fsp3) is 0.632. The van der Waals surface area contributed by atoms with Gasteiger partial charge in [-0.2, -0.15) is 13.2 Å². The molecule has 0 aliphatic heterocycles. The van der Waals surface area contributed by atoms with E-state index in [1.54, 1.807) is 14.1 Å². The molecule has 1 aliphatic rings. The molecule has 1 unspecified atom stereocenters. The number of amidine groups is 1. The van der Waals surface area contributed by atoms with Gasteiger partial charge in [0.05, 0.1) is 0 Å². The molecule has 0 aromatic carbocycles. The molecule has 0 bridgehead atoms. The van der Waals surface area contributed by atoms with E-state index in [-0.39, 0.29) is 29.1 Å². The number of hydrogen-bond acceptors (Lipinski definition) is 4. The molecule has 6 nitrogen and oxygen atoms in total. The molecule has 2 N–H and O–H groups in total. The molecule has 1 saturated carbocycles. The van der Waals surface area contributed by atoms with Crippen molar-refractivity contribution in [2.45, 2.75) is 51.7 Å². The first-order chi connectivity index (χ1) is 12.8. The van der Waals surface area contributed by atoms with Crippen LogP contribution < -0.4 is 10.5 Å². The lowest BCUT2D eigenvalue weighted by Gasteiger charge is -2.29. The molecule has 0 spiro atoms. The molecule has 2 rings (SSSR count). The Hall–Kier alpha value is -2.32. The monoisotopic (exact) mass is 400 g/mol. The van der Waals surface area contributed by atoms with Crippen molar-refractivity contribution < 1.29 is 22.7 Å². The smallest absolute Gasteiger partial charge is 0.422 e. The first-order valence-corrected chi connectivity index (χ1v) is 9.04. The number of ether oxygens (including phenoxy) is 1. The van der Waals surface area contributed by atoms with Crippen molar-refractivity contribution >= 4 is 11.7 Å². The lowest BCUT2D eigenvalue weighted by molar-refractivity contribution is -0.153. The summed E-state index contributed by atoms with van der Waals surface area (Å²) in [5.41, 5.74) is 6.38. The second kappa shape index (κ2) is 7.97. The summed E-state index contributed by atoms with van der Waals surface area (Å²) in [6.07, 6.45) is -1.19. The Morgan fingerprint density at radius 2 is 1.96 bits per heavy atom. The molecule has 1 atom stereocenters. The normalized spacial score (nSPS) is 16.6. The van der Waals surface area contributed by atoms with E-state index in [1.807, 2.05) is 20.8 Å². The van der Waals surface area contributed by atoms with Crippen LogP contribution in [0.2, 0.25) is 0 Å². The maximum atomic E-state index is 12.6. The van der Waals surface area contributed by atoms with E-state index in [2.05, 4.69) is 9.98 Å². The van der Waals surface area contributed by atoms with Crippen molar-refractivity contribution in [1.82, 2.24) is 9.88 Å². The number of nitrogens with zero attached hydrogens (tertiary/aromatic N) is 3. The SMILES string of the molecule is CN(C)C(=O)C(N=C(N)c1cc(OCC(F)(F)F)c(C2CC2)cn1)C(C)(C)C. The summed E-state index contributed by atoms with van der Waals surface area (Å²) in [7, 11) is 3.25. The minimum absolute atomic E-state index is 0.0191. The number of likely N-dealkylation sites (N-methyl/N-ethyl adjacent to an activating group) is 1. The van der Waals surface area contributed by atoms with Gasteiger partial charge in [0.25, 0.3) is 0 Å². The fourth-order valence-electron chi connectivity index (χ4n) is 2.64. The average molecular weight is 400 g/mol. The minimum Gasteiger partial charge on any atom is -0.484 e. The van der Waals surface area contributed by atoms with E-state index in [0.29, 0.717) is 5.56 Å². The van der Waals surface area contributed by atoms with Crippen LogP contribution in [0.4, 0.5) is 13.2 Å². The van der Waals surface area contributed by atoms with Crippen LogP contribution in [-0.4, -0.2) is 54.5 Å². The zero-order valence-electron chi connectivity index (χ0n) is 16.8. The van der Waals surface area contributed by atoms with E-state index in [9.17, 15) is 18.0 Å². The summed E-state index contributed by atoms with van der Waals surface area (Å²) < 4.78 is 42.8. The van der Waals surface area contributed by atoms with Gasteiger partial charge in [-0.05, 0) is 24.2 Å². The molecule has 1 amide bonds. The van der Waals surface area contributed by atoms with Gasteiger partial charge in [0.2, 0.25) is 5.91 Å². The fourth-order valence-corrected chi connectivity index (χ4v) is 2.64. The van der Waals surface area contributed by atoms with Gasteiger partial charge in [0.15, 0.2) is 6.61 Å². The van der Waals surface area contributed by atoms with Gasteiger partial charge in [0.1, 0.15) is 23.3 Å². The highest BCUT2D eigenvalue weighted by atomic mass is 19.4. The van der Waals surface area contributed by atoms with Gasteiger partial charge in [-0.25, -0.2) is 0 Å². The van der Waals surface area contributed by atoms with E-state index in [1.165, 1.54) is 17.2 Å². The molecule has 28 heavy (non-hydrogen) atoms. The number of hydrogen-bond donors (Lipinski definition) is 1. The summed E-state index contributed by atoms with van der Waals surface area (Å²) in [6.45, 7) is 4.18. The number of rotatable bonds is 6. The first kappa shape index (κ1) is 22.0. The number of aliphatic imine (C=N–C) groups is 1. The maximum Gasteiger partial charge on any atom is 0.422 e. The number of nitrogens with two attached hydrogens (primary N) is 1. The number of alkyl halides is 3. The number of amides is 1. The number of pyridine rings is 1. The molecule has 0 radical (unpaired) electrons. The van der Waals surface area contributed by atoms with Crippen molar-refractivity contribution in [3.05, 3.63) is 23.5 Å². The highest BCUT2D eigenvalue weighted by Crippen LogP contribution is 2.44. The summed E-state index contributed by atoms with van der Waals surface area (Å²) >= 11 is 0. The Bertz CT molecular complexity index is 751. The maximum absolute atomic E-state index is 12.6. The highest BCUT2D eigenvalue weighted by Gasteiger charge is 2.34. The molecule has 0 saturated heterocycles. The predicted octanol–water partition coefficient (Wildman–Crippen LogP) is 3.11. The van der Waals surface area contributed by atoms with Crippen LogP contribution in [0.1, 0.15) is 50.8 Å². The van der Waals surface area contributed by atoms with Crippen LogP contribution in [0.3, 0.4) is 0 Å². The van der Waals surface area contributed by atoms with Crippen molar-refractivity contribution in [1.29, 1.82) is 0 Å². The second-order valence-electron chi connectivity index (χ2n) is 8.30. The average Bonchev–Trinajstić information content (AvgIpc) is 3.39. The lowest BCUT2D eigenvalue weighted by atomic mass is 9.86. The first-order valence-electron chi connectivity index (χ1n) is 9.04. The molecular formula is C19H27F3N4O2. The zero-order chi connectivity index (χ0) is 21.3. The van der Waals surface area contributed by atoms with Crippen LogP contribution in [0, 0.1) is 5.41 Å². The third-order valence-electron chi connectivity index (χ3n) is 4.33. The summed E-state index contributed by atoms with van der Waals surface area (Å²) in [5.74, 6) is 0.0164. The van der Waals surface area contributed by atoms with Crippen molar-refractivity contribution in [3.8, 4) is 5.75 Å². The summed E-state index contributed by atoms with van der Waals surface area (Å²) in [6, 6.07) is 0.616. The summed E-state index contributed by atoms with van der Waals surface area (Å²) in [4.78, 5) is 22.5. The van der Waals surface area contributed by atoms with Gasteiger partial charge in [-0.3, -0.25) is 14.8 Å². The number of halogens is 3. The van der Waals surface area contributed by atoms with Gasteiger partial charge >= 0.3 is 6.18 Å². The van der Waals surface area contributed by atoms with Crippen molar-refractivity contribution in [2.24, 2.45) is 16.1 Å². The lowest BCUT2D eigenvalue weighted by Crippen LogP contribution is -2.42. The molecule has 156 valence electrons. The third-order valence-corrected chi connectivity index (χ3v) is 4.33. The molecular weight excluding hydrogens is 373 g/mol. The van der Waals surface area contributed by atoms with Crippen LogP contribution in [0.15, 0.2) is 17.3 Å². The van der Waals surface area contributed by atoms with Crippen LogP contribution >= 0.6 is 0 Å². The van der Waals surface area contributed by atoms with Gasteiger partial charge in [-0.15, -0.1) is 0 Å². The highest BCUT2D eigenvalue weighted by molar-refractivity contribution is 5.98.